The molecular formula is C11H15N5S. The van der Waals surface area contributed by atoms with Crippen molar-refractivity contribution in [1.82, 2.24) is 25.5 Å². The molecule has 0 bridgehead atoms. The van der Waals surface area contributed by atoms with Crippen LogP contribution in [0.15, 0.2) is 29.2 Å². The summed E-state index contributed by atoms with van der Waals surface area (Å²) in [5, 5.41) is 14.9. The predicted octanol–water partition coefficient (Wildman–Crippen LogP) is 1.49. The van der Waals surface area contributed by atoms with Gasteiger partial charge in [-0.1, -0.05) is 6.92 Å². The second-order valence-corrected chi connectivity index (χ2v) is 4.36. The molecular weight excluding hydrogens is 234 g/mol. The van der Waals surface area contributed by atoms with Crippen molar-refractivity contribution in [3.63, 3.8) is 0 Å². The van der Waals surface area contributed by atoms with Crippen LogP contribution in [0.1, 0.15) is 12.7 Å². The number of nitrogens with one attached hydrogen (secondary N) is 1. The molecule has 1 aromatic heterocycles. The van der Waals surface area contributed by atoms with Gasteiger partial charge in [0.05, 0.1) is 12.2 Å². The van der Waals surface area contributed by atoms with Gasteiger partial charge < -0.3 is 5.32 Å². The van der Waals surface area contributed by atoms with Crippen molar-refractivity contribution in [2.24, 2.45) is 0 Å². The Hall–Kier alpha value is -1.40. The van der Waals surface area contributed by atoms with Crippen LogP contribution in [0.2, 0.25) is 0 Å². The molecule has 0 atom stereocenters. The van der Waals surface area contributed by atoms with Gasteiger partial charge in [-0.15, -0.1) is 16.9 Å². The number of hydrogen-bond donors (Lipinski definition) is 1. The third kappa shape index (κ3) is 2.83. The molecule has 0 fully saturated rings. The van der Waals surface area contributed by atoms with Crippen molar-refractivity contribution in [3.8, 4) is 5.69 Å². The monoisotopic (exact) mass is 249 g/mol. The van der Waals surface area contributed by atoms with E-state index in [2.05, 4.69) is 46.2 Å². The summed E-state index contributed by atoms with van der Waals surface area (Å²) in [6, 6.07) is 8.19. The summed E-state index contributed by atoms with van der Waals surface area (Å²) in [5.74, 6) is 0.823. The third-order valence-electron chi connectivity index (χ3n) is 2.38. The van der Waals surface area contributed by atoms with Gasteiger partial charge in [-0.2, -0.15) is 4.68 Å². The number of hydrogen-bond acceptors (Lipinski definition) is 5. The minimum absolute atomic E-state index is 0.674. The average molecular weight is 249 g/mol. The molecule has 1 aromatic carbocycles. The van der Waals surface area contributed by atoms with Gasteiger partial charge in [-0.3, -0.25) is 0 Å². The lowest BCUT2D eigenvalue weighted by atomic mass is 10.3. The van der Waals surface area contributed by atoms with E-state index >= 15 is 0 Å². The normalized spacial score (nSPS) is 10.7. The lowest BCUT2D eigenvalue weighted by Gasteiger charge is -2.05. The van der Waals surface area contributed by atoms with Crippen LogP contribution in [0.4, 0.5) is 0 Å². The maximum Gasteiger partial charge on any atom is 0.170 e. The molecule has 0 saturated carbocycles. The van der Waals surface area contributed by atoms with E-state index in [-0.39, 0.29) is 0 Å². The SMILES string of the molecule is CCNCc1nnnn1-c1ccc(SC)cc1. The fraction of sp³-hybridized carbons (Fsp3) is 0.364. The molecule has 1 heterocycles. The molecule has 17 heavy (non-hydrogen) atoms. The van der Waals surface area contributed by atoms with Crippen LogP contribution < -0.4 is 5.32 Å². The number of benzene rings is 1. The number of aromatic nitrogens is 4. The van der Waals surface area contributed by atoms with Crippen molar-refractivity contribution in [1.29, 1.82) is 0 Å². The number of rotatable bonds is 5. The molecule has 2 rings (SSSR count). The molecule has 0 saturated heterocycles. The largest absolute Gasteiger partial charge is 0.310 e. The maximum absolute atomic E-state index is 4.01. The predicted molar refractivity (Wildman–Crippen MR) is 68.3 cm³/mol. The van der Waals surface area contributed by atoms with E-state index in [4.69, 9.17) is 0 Å². The Bertz CT molecular complexity index is 465. The van der Waals surface area contributed by atoms with Gasteiger partial charge in [0.2, 0.25) is 0 Å². The van der Waals surface area contributed by atoms with E-state index in [0.717, 1.165) is 18.1 Å². The Balaban J connectivity index is 2.23. The van der Waals surface area contributed by atoms with Gasteiger partial charge in [-0.25, -0.2) is 0 Å². The van der Waals surface area contributed by atoms with Gasteiger partial charge in [0.25, 0.3) is 0 Å². The molecule has 0 amide bonds. The Morgan fingerprint density at radius 1 is 1.29 bits per heavy atom. The van der Waals surface area contributed by atoms with Crippen LogP contribution in [0.3, 0.4) is 0 Å². The van der Waals surface area contributed by atoms with E-state index in [1.807, 2.05) is 12.1 Å². The average Bonchev–Trinajstić information content (AvgIpc) is 2.84. The van der Waals surface area contributed by atoms with Crippen LogP contribution in [0.25, 0.3) is 5.69 Å². The standard InChI is InChI=1S/C11H15N5S/c1-3-12-8-11-13-14-15-16(11)9-4-6-10(17-2)7-5-9/h4-7,12H,3,8H2,1-2H3. The van der Waals surface area contributed by atoms with Gasteiger partial charge in [0.1, 0.15) is 0 Å². The Kier molecular flexibility index (Phi) is 4.11. The van der Waals surface area contributed by atoms with Crippen molar-refractivity contribution >= 4 is 11.8 Å². The van der Waals surface area contributed by atoms with Crippen LogP contribution in [-0.4, -0.2) is 33.0 Å². The van der Waals surface area contributed by atoms with Crippen LogP contribution in [0.5, 0.6) is 0 Å². The second-order valence-electron chi connectivity index (χ2n) is 3.49. The van der Waals surface area contributed by atoms with Crippen molar-refractivity contribution in [2.45, 2.75) is 18.4 Å². The second kappa shape index (κ2) is 5.79. The first-order chi connectivity index (χ1) is 8.35. The molecule has 0 unspecified atom stereocenters. The van der Waals surface area contributed by atoms with Crippen LogP contribution in [0, 0.1) is 0 Å². The van der Waals surface area contributed by atoms with E-state index < -0.39 is 0 Å². The summed E-state index contributed by atoms with van der Waals surface area (Å²) in [6.45, 7) is 3.63. The first-order valence-corrected chi connectivity index (χ1v) is 6.70. The van der Waals surface area contributed by atoms with Crippen LogP contribution >= 0.6 is 11.8 Å². The fourth-order valence-electron chi connectivity index (χ4n) is 1.48. The van der Waals surface area contributed by atoms with Crippen molar-refractivity contribution in [2.75, 3.05) is 12.8 Å². The Morgan fingerprint density at radius 2 is 2.06 bits per heavy atom. The molecule has 2 aromatic rings. The highest BCUT2D eigenvalue weighted by molar-refractivity contribution is 7.98. The lowest BCUT2D eigenvalue weighted by molar-refractivity contribution is 0.664. The topological polar surface area (TPSA) is 55.6 Å². The molecule has 0 aliphatic heterocycles. The Labute approximate surface area is 105 Å². The fourth-order valence-corrected chi connectivity index (χ4v) is 1.88. The zero-order chi connectivity index (χ0) is 12.1. The highest BCUT2D eigenvalue weighted by Gasteiger charge is 2.06. The number of tetrazole rings is 1. The number of nitrogens with zero attached hydrogens (tertiary/aromatic N) is 4. The smallest absolute Gasteiger partial charge is 0.170 e. The summed E-state index contributed by atoms with van der Waals surface area (Å²) >= 11 is 1.72. The summed E-state index contributed by atoms with van der Waals surface area (Å²) in [7, 11) is 0. The number of thioether (sulfide) groups is 1. The van der Waals surface area contributed by atoms with Crippen molar-refractivity contribution < 1.29 is 0 Å². The zero-order valence-corrected chi connectivity index (χ0v) is 10.7. The molecule has 0 spiro atoms. The summed E-state index contributed by atoms with van der Waals surface area (Å²) in [4.78, 5) is 1.23. The highest BCUT2D eigenvalue weighted by atomic mass is 32.2. The molecule has 90 valence electrons. The van der Waals surface area contributed by atoms with Gasteiger partial charge >= 0.3 is 0 Å². The molecule has 0 aliphatic carbocycles. The molecule has 0 aliphatic rings. The molecule has 5 nitrogen and oxygen atoms in total. The van der Waals surface area contributed by atoms with E-state index in [1.165, 1.54) is 4.90 Å². The Morgan fingerprint density at radius 3 is 2.71 bits per heavy atom. The zero-order valence-electron chi connectivity index (χ0n) is 9.92. The van der Waals surface area contributed by atoms with E-state index in [1.54, 1.807) is 16.4 Å². The molecule has 6 heteroatoms. The third-order valence-corrected chi connectivity index (χ3v) is 3.13. The van der Waals surface area contributed by atoms with Crippen LogP contribution in [-0.2, 0) is 6.54 Å². The van der Waals surface area contributed by atoms with Crippen molar-refractivity contribution in [3.05, 3.63) is 30.1 Å². The van der Waals surface area contributed by atoms with E-state index in [0.29, 0.717) is 6.54 Å². The summed E-state index contributed by atoms with van der Waals surface area (Å²) < 4.78 is 1.76. The van der Waals surface area contributed by atoms with Gasteiger partial charge in [0, 0.05) is 4.90 Å². The first-order valence-electron chi connectivity index (χ1n) is 5.47. The molecule has 0 radical (unpaired) electrons. The lowest BCUT2D eigenvalue weighted by Crippen LogP contribution is -2.16. The summed E-state index contributed by atoms with van der Waals surface area (Å²) in [6.07, 6.45) is 2.06. The molecule has 1 N–H and O–H groups in total. The summed E-state index contributed by atoms with van der Waals surface area (Å²) in [5.41, 5.74) is 0.987. The quantitative estimate of drug-likeness (QED) is 0.814. The van der Waals surface area contributed by atoms with Gasteiger partial charge in [-0.05, 0) is 47.5 Å². The van der Waals surface area contributed by atoms with Gasteiger partial charge in [0.15, 0.2) is 5.82 Å². The maximum atomic E-state index is 4.01. The first kappa shape index (κ1) is 12.1. The van der Waals surface area contributed by atoms with E-state index in [9.17, 15) is 0 Å². The highest BCUT2D eigenvalue weighted by Crippen LogP contribution is 2.17. The minimum atomic E-state index is 0.674. The minimum Gasteiger partial charge on any atom is -0.310 e.